The summed E-state index contributed by atoms with van der Waals surface area (Å²) in [5.74, 6) is 0. The van der Waals surface area contributed by atoms with Gasteiger partial charge in [-0.15, -0.1) is 0 Å². The van der Waals surface area contributed by atoms with Crippen LogP contribution in [0, 0.1) is 10.1 Å². The molecular formula is C20H19N3O2. The van der Waals surface area contributed by atoms with Crippen LogP contribution in [0.5, 0.6) is 0 Å². The molecule has 1 aliphatic heterocycles. The highest BCUT2D eigenvalue weighted by atomic mass is 16.6. The molecule has 0 radical (unpaired) electrons. The summed E-state index contributed by atoms with van der Waals surface area (Å²) < 4.78 is 0. The molecule has 25 heavy (non-hydrogen) atoms. The van der Waals surface area contributed by atoms with Crippen LogP contribution >= 0.6 is 0 Å². The number of fused-ring (bicyclic) bond motifs is 1. The van der Waals surface area contributed by atoms with E-state index in [1.807, 2.05) is 12.3 Å². The summed E-state index contributed by atoms with van der Waals surface area (Å²) in [5.41, 5.74) is 4.74. The van der Waals surface area contributed by atoms with Crippen LogP contribution in [0.15, 0.2) is 60.8 Å². The second-order valence-electron chi connectivity index (χ2n) is 6.39. The zero-order valence-corrected chi connectivity index (χ0v) is 13.8. The maximum absolute atomic E-state index is 11.0. The Kier molecular flexibility index (Phi) is 4.07. The van der Waals surface area contributed by atoms with E-state index in [9.17, 15) is 10.1 Å². The number of aromatic nitrogens is 1. The first-order chi connectivity index (χ1) is 12.2. The molecule has 1 N–H and O–H groups in total. The van der Waals surface area contributed by atoms with Crippen LogP contribution in [0.4, 0.5) is 5.69 Å². The number of aromatic amines is 1. The molecule has 0 saturated carbocycles. The Labute approximate surface area is 145 Å². The summed E-state index contributed by atoms with van der Waals surface area (Å²) in [7, 11) is 0. The van der Waals surface area contributed by atoms with Gasteiger partial charge in [-0.3, -0.25) is 15.0 Å². The standard InChI is InChI=1S/C20H19N3O2/c24-23(25)17-6-7-20-18(12-17)19(13-21-20)16-8-10-22(11-9-16)14-15-4-2-1-3-5-15/h1-8,12-13,21H,9-11,14H2. The van der Waals surface area contributed by atoms with E-state index in [1.54, 1.807) is 18.2 Å². The maximum atomic E-state index is 11.0. The molecule has 0 bridgehead atoms. The molecule has 5 heteroatoms. The van der Waals surface area contributed by atoms with Crippen LogP contribution in [-0.2, 0) is 6.54 Å². The normalized spacial score (nSPS) is 15.3. The van der Waals surface area contributed by atoms with Crippen LogP contribution in [0.1, 0.15) is 17.5 Å². The first-order valence-corrected chi connectivity index (χ1v) is 8.42. The van der Waals surface area contributed by atoms with Crippen molar-refractivity contribution in [2.24, 2.45) is 0 Å². The van der Waals surface area contributed by atoms with Crippen molar-refractivity contribution in [3.63, 3.8) is 0 Å². The predicted octanol–water partition coefficient (Wildman–Crippen LogP) is 4.37. The summed E-state index contributed by atoms with van der Waals surface area (Å²) in [6.07, 6.45) is 5.16. The fourth-order valence-corrected chi connectivity index (χ4v) is 3.43. The first-order valence-electron chi connectivity index (χ1n) is 8.42. The molecular weight excluding hydrogens is 314 g/mol. The highest BCUT2D eigenvalue weighted by Crippen LogP contribution is 2.31. The smallest absolute Gasteiger partial charge is 0.270 e. The van der Waals surface area contributed by atoms with Crippen molar-refractivity contribution < 1.29 is 4.92 Å². The molecule has 5 nitrogen and oxygen atoms in total. The topological polar surface area (TPSA) is 62.2 Å². The minimum absolute atomic E-state index is 0.135. The number of nitro benzene ring substituents is 1. The van der Waals surface area contributed by atoms with E-state index in [0.29, 0.717) is 0 Å². The minimum Gasteiger partial charge on any atom is -0.361 e. The zero-order chi connectivity index (χ0) is 17.2. The highest BCUT2D eigenvalue weighted by molar-refractivity contribution is 5.94. The van der Waals surface area contributed by atoms with Crippen LogP contribution in [0.3, 0.4) is 0 Å². The Balaban J connectivity index is 1.56. The van der Waals surface area contributed by atoms with E-state index in [1.165, 1.54) is 11.1 Å². The molecule has 2 heterocycles. The average Bonchev–Trinajstić information content (AvgIpc) is 3.06. The number of hydrogen-bond acceptors (Lipinski definition) is 3. The molecule has 0 aliphatic carbocycles. The molecule has 0 unspecified atom stereocenters. The van der Waals surface area contributed by atoms with Crippen LogP contribution < -0.4 is 0 Å². The van der Waals surface area contributed by atoms with E-state index in [0.717, 1.165) is 42.5 Å². The van der Waals surface area contributed by atoms with Gasteiger partial charge in [0.2, 0.25) is 0 Å². The number of rotatable bonds is 4. The third-order valence-electron chi connectivity index (χ3n) is 4.76. The second kappa shape index (κ2) is 6.53. The molecule has 0 fully saturated rings. The van der Waals surface area contributed by atoms with E-state index >= 15 is 0 Å². The molecule has 1 aromatic heterocycles. The molecule has 2 aromatic carbocycles. The lowest BCUT2D eigenvalue weighted by Crippen LogP contribution is -2.27. The molecule has 126 valence electrons. The first kappa shape index (κ1) is 15.6. The van der Waals surface area contributed by atoms with Crippen molar-refractivity contribution in [3.05, 3.63) is 82.0 Å². The van der Waals surface area contributed by atoms with E-state index in [4.69, 9.17) is 0 Å². The van der Waals surface area contributed by atoms with Gasteiger partial charge in [-0.1, -0.05) is 36.4 Å². The van der Waals surface area contributed by atoms with Gasteiger partial charge in [-0.25, -0.2) is 0 Å². The Bertz CT molecular complexity index is 944. The highest BCUT2D eigenvalue weighted by Gasteiger charge is 2.17. The monoisotopic (exact) mass is 333 g/mol. The van der Waals surface area contributed by atoms with E-state index < -0.39 is 0 Å². The molecule has 0 saturated heterocycles. The van der Waals surface area contributed by atoms with Gasteiger partial charge in [-0.2, -0.15) is 0 Å². The number of benzene rings is 2. The van der Waals surface area contributed by atoms with Gasteiger partial charge < -0.3 is 4.98 Å². The fourth-order valence-electron chi connectivity index (χ4n) is 3.43. The van der Waals surface area contributed by atoms with Crippen molar-refractivity contribution in [2.75, 3.05) is 13.1 Å². The van der Waals surface area contributed by atoms with Crippen LogP contribution in [0.2, 0.25) is 0 Å². The lowest BCUT2D eigenvalue weighted by molar-refractivity contribution is -0.384. The third-order valence-corrected chi connectivity index (χ3v) is 4.76. The summed E-state index contributed by atoms with van der Waals surface area (Å²) in [5, 5.41) is 12.0. The van der Waals surface area contributed by atoms with E-state index in [2.05, 4.69) is 40.2 Å². The number of H-pyrrole nitrogens is 1. The molecule has 4 rings (SSSR count). The Morgan fingerprint density at radius 3 is 2.72 bits per heavy atom. The van der Waals surface area contributed by atoms with Gasteiger partial charge in [0.25, 0.3) is 5.69 Å². The number of nitrogens with one attached hydrogen (secondary N) is 1. The minimum atomic E-state index is -0.340. The number of nitro groups is 1. The van der Waals surface area contributed by atoms with Gasteiger partial charge in [0.05, 0.1) is 4.92 Å². The van der Waals surface area contributed by atoms with Crippen LogP contribution in [-0.4, -0.2) is 27.9 Å². The number of nitrogens with zero attached hydrogens (tertiary/aromatic N) is 2. The molecule has 3 aromatic rings. The Morgan fingerprint density at radius 1 is 1.16 bits per heavy atom. The van der Waals surface area contributed by atoms with Gasteiger partial charge >= 0.3 is 0 Å². The largest absolute Gasteiger partial charge is 0.361 e. The Morgan fingerprint density at radius 2 is 2.00 bits per heavy atom. The molecule has 0 amide bonds. The Hall–Kier alpha value is -2.92. The third kappa shape index (κ3) is 3.19. The summed E-state index contributed by atoms with van der Waals surface area (Å²) in [6.45, 7) is 2.83. The predicted molar refractivity (Wildman–Crippen MR) is 99.3 cm³/mol. The zero-order valence-electron chi connectivity index (χ0n) is 13.8. The SMILES string of the molecule is O=[N+]([O-])c1ccc2[nH]cc(C3=CCN(Cc4ccccc4)CC3)c2c1. The van der Waals surface area contributed by atoms with Gasteiger partial charge in [0.15, 0.2) is 0 Å². The molecule has 0 atom stereocenters. The number of hydrogen-bond donors (Lipinski definition) is 1. The van der Waals surface area contributed by atoms with Crippen molar-refractivity contribution in [2.45, 2.75) is 13.0 Å². The maximum Gasteiger partial charge on any atom is 0.270 e. The molecule has 1 aliphatic rings. The second-order valence-corrected chi connectivity index (χ2v) is 6.39. The lowest BCUT2D eigenvalue weighted by Gasteiger charge is -2.26. The van der Waals surface area contributed by atoms with Crippen molar-refractivity contribution in [1.82, 2.24) is 9.88 Å². The quantitative estimate of drug-likeness (QED) is 0.570. The van der Waals surface area contributed by atoms with Crippen LogP contribution in [0.25, 0.3) is 16.5 Å². The van der Waals surface area contributed by atoms with Crippen molar-refractivity contribution >= 4 is 22.2 Å². The van der Waals surface area contributed by atoms with Crippen molar-refractivity contribution in [3.8, 4) is 0 Å². The fraction of sp³-hybridized carbons (Fsp3) is 0.200. The lowest BCUT2D eigenvalue weighted by atomic mass is 9.98. The van der Waals surface area contributed by atoms with Gasteiger partial charge in [0, 0.05) is 54.4 Å². The van der Waals surface area contributed by atoms with Gasteiger partial charge in [-0.05, 0) is 23.6 Å². The van der Waals surface area contributed by atoms with Gasteiger partial charge in [0.1, 0.15) is 0 Å². The summed E-state index contributed by atoms with van der Waals surface area (Å²) >= 11 is 0. The molecule has 0 spiro atoms. The van der Waals surface area contributed by atoms with E-state index in [-0.39, 0.29) is 10.6 Å². The summed E-state index contributed by atoms with van der Waals surface area (Å²) in [6, 6.07) is 15.5. The van der Waals surface area contributed by atoms with Crippen molar-refractivity contribution in [1.29, 1.82) is 0 Å². The average molecular weight is 333 g/mol. The number of non-ortho nitro benzene ring substituents is 1. The summed E-state index contributed by atoms with van der Waals surface area (Å²) in [4.78, 5) is 16.3.